The Kier molecular flexibility index (Phi) is 2.85. The summed E-state index contributed by atoms with van der Waals surface area (Å²) in [4.78, 5) is 4.14. The maximum atomic E-state index is 7.59. The van der Waals surface area contributed by atoms with Gasteiger partial charge in [-0.3, -0.25) is 0 Å². The second-order valence-corrected chi connectivity index (χ2v) is 4.07. The maximum Gasteiger partial charge on any atom is 0.136 e. The van der Waals surface area contributed by atoms with E-state index in [-0.39, 0.29) is 0 Å². The highest BCUT2D eigenvalue weighted by Gasteiger charge is 2.19. The van der Waals surface area contributed by atoms with Crippen molar-refractivity contribution >= 4 is 11.5 Å². The minimum Gasteiger partial charge on any atom is -0.354 e. The first-order valence-electron chi connectivity index (χ1n) is 4.70. The molecule has 0 aliphatic carbocycles. The zero-order valence-electron chi connectivity index (χ0n) is 9.55. The number of anilines is 1. The Labute approximate surface area is 90.2 Å². The Morgan fingerprint density at radius 1 is 1.67 bits per heavy atom. The molecule has 0 spiro atoms. The molecule has 0 aromatic carbocycles. The Morgan fingerprint density at radius 3 is 2.73 bits per heavy atom. The van der Waals surface area contributed by atoms with Crippen LogP contribution in [-0.4, -0.2) is 20.8 Å². The third-order valence-corrected chi connectivity index (χ3v) is 2.08. The summed E-state index contributed by atoms with van der Waals surface area (Å²) in [6, 6.07) is 0. The molecular weight excluding hydrogens is 188 g/mol. The van der Waals surface area contributed by atoms with Crippen molar-refractivity contribution in [3.63, 3.8) is 0 Å². The molecule has 80 valence electrons. The van der Waals surface area contributed by atoms with E-state index in [0.717, 1.165) is 5.82 Å². The van der Waals surface area contributed by atoms with Gasteiger partial charge in [0, 0.05) is 7.05 Å². The number of imidazole rings is 1. The van der Waals surface area contributed by atoms with Crippen LogP contribution < -0.4 is 5.32 Å². The fourth-order valence-corrected chi connectivity index (χ4v) is 1.18. The van der Waals surface area contributed by atoms with E-state index in [4.69, 9.17) is 11.8 Å². The summed E-state index contributed by atoms with van der Waals surface area (Å²) in [5, 5.41) is 10.8. The molecule has 1 rings (SSSR count). The molecule has 1 aromatic heterocycles. The minimum absolute atomic E-state index is 0.422. The highest BCUT2D eigenvalue weighted by atomic mass is 15.2. The molecule has 0 saturated carbocycles. The van der Waals surface area contributed by atoms with Crippen molar-refractivity contribution in [2.75, 3.05) is 5.32 Å². The highest BCUT2D eigenvalue weighted by Crippen LogP contribution is 2.18. The highest BCUT2D eigenvalue weighted by molar-refractivity contribution is 5.99. The summed E-state index contributed by atoms with van der Waals surface area (Å²) in [6.45, 7) is 5.52. The standard InChI is InChI=1S/C11H16N4/c1-6-11(3,4)14-10-9(8(2)12)13-7-15(10)5/h1,7,12,14H,2-5H3. The molecule has 0 atom stereocenters. The zero-order valence-corrected chi connectivity index (χ0v) is 9.55. The molecule has 1 heterocycles. The summed E-state index contributed by atoms with van der Waals surface area (Å²) in [5.74, 6) is 3.43. The molecule has 0 fully saturated rings. The number of aryl methyl sites for hydroxylation is 1. The first-order chi connectivity index (χ1) is 6.87. The molecule has 4 heteroatoms. The summed E-state index contributed by atoms with van der Waals surface area (Å²) in [5.41, 5.74) is 0.615. The van der Waals surface area contributed by atoms with E-state index in [1.165, 1.54) is 0 Å². The van der Waals surface area contributed by atoms with Crippen molar-refractivity contribution < 1.29 is 0 Å². The molecule has 2 N–H and O–H groups in total. The maximum absolute atomic E-state index is 7.59. The summed E-state index contributed by atoms with van der Waals surface area (Å²) >= 11 is 0. The Bertz CT molecular complexity index is 420. The lowest BCUT2D eigenvalue weighted by Crippen LogP contribution is -2.30. The molecule has 0 aliphatic heterocycles. The van der Waals surface area contributed by atoms with Crippen LogP contribution in [0, 0.1) is 17.8 Å². The Hall–Kier alpha value is -1.76. The number of rotatable bonds is 3. The fourth-order valence-electron chi connectivity index (χ4n) is 1.18. The summed E-state index contributed by atoms with van der Waals surface area (Å²) in [7, 11) is 1.87. The van der Waals surface area contributed by atoms with Crippen LogP contribution in [-0.2, 0) is 7.05 Å². The first kappa shape index (κ1) is 11.3. The van der Waals surface area contributed by atoms with Gasteiger partial charge < -0.3 is 15.3 Å². The van der Waals surface area contributed by atoms with Crippen molar-refractivity contribution in [1.82, 2.24) is 9.55 Å². The van der Waals surface area contributed by atoms with Gasteiger partial charge in [-0.25, -0.2) is 4.98 Å². The van der Waals surface area contributed by atoms with Crippen LogP contribution in [0.15, 0.2) is 6.33 Å². The number of nitrogens with one attached hydrogen (secondary N) is 2. The van der Waals surface area contributed by atoms with Crippen LogP contribution in [0.2, 0.25) is 0 Å². The second-order valence-electron chi connectivity index (χ2n) is 4.07. The number of aromatic nitrogens is 2. The van der Waals surface area contributed by atoms with Gasteiger partial charge in [0.15, 0.2) is 0 Å². The predicted octanol–water partition coefficient (Wildman–Crippen LogP) is 1.63. The van der Waals surface area contributed by atoms with Gasteiger partial charge in [0.1, 0.15) is 11.5 Å². The average Bonchev–Trinajstić information content (AvgIpc) is 2.48. The van der Waals surface area contributed by atoms with Gasteiger partial charge in [-0.1, -0.05) is 5.92 Å². The van der Waals surface area contributed by atoms with E-state index in [2.05, 4.69) is 16.2 Å². The van der Waals surface area contributed by atoms with Crippen LogP contribution in [0.25, 0.3) is 0 Å². The van der Waals surface area contributed by atoms with E-state index < -0.39 is 5.54 Å². The van der Waals surface area contributed by atoms with Gasteiger partial charge >= 0.3 is 0 Å². The minimum atomic E-state index is -0.446. The molecule has 0 radical (unpaired) electrons. The quantitative estimate of drug-likeness (QED) is 0.581. The zero-order chi connectivity index (χ0) is 11.6. The van der Waals surface area contributed by atoms with Gasteiger partial charge in [0.2, 0.25) is 0 Å². The van der Waals surface area contributed by atoms with Crippen molar-refractivity contribution in [3.05, 3.63) is 12.0 Å². The largest absolute Gasteiger partial charge is 0.354 e. The second kappa shape index (κ2) is 3.77. The molecule has 4 nitrogen and oxygen atoms in total. The van der Waals surface area contributed by atoms with Crippen LogP contribution in [0.3, 0.4) is 0 Å². The lowest BCUT2D eigenvalue weighted by Gasteiger charge is -2.21. The van der Waals surface area contributed by atoms with E-state index in [1.807, 2.05) is 25.5 Å². The number of hydrogen-bond donors (Lipinski definition) is 2. The van der Waals surface area contributed by atoms with Gasteiger partial charge in [-0.15, -0.1) is 6.42 Å². The van der Waals surface area contributed by atoms with Crippen molar-refractivity contribution in [2.24, 2.45) is 7.05 Å². The normalized spacial score (nSPS) is 10.9. The molecule has 0 amide bonds. The Balaban J connectivity index is 3.10. The van der Waals surface area contributed by atoms with Crippen LogP contribution in [0.1, 0.15) is 26.5 Å². The van der Waals surface area contributed by atoms with E-state index in [9.17, 15) is 0 Å². The lowest BCUT2D eigenvalue weighted by atomic mass is 10.1. The molecule has 1 aromatic rings. The van der Waals surface area contributed by atoms with E-state index in [0.29, 0.717) is 11.4 Å². The van der Waals surface area contributed by atoms with E-state index >= 15 is 0 Å². The SMILES string of the molecule is C#CC(C)(C)Nc1c(C(C)=N)ncn1C. The molecule has 0 bridgehead atoms. The average molecular weight is 204 g/mol. The van der Waals surface area contributed by atoms with E-state index in [1.54, 1.807) is 13.3 Å². The van der Waals surface area contributed by atoms with Crippen LogP contribution >= 0.6 is 0 Å². The lowest BCUT2D eigenvalue weighted by molar-refractivity contribution is 0.723. The number of hydrogen-bond acceptors (Lipinski definition) is 3. The van der Waals surface area contributed by atoms with Gasteiger partial charge in [0.25, 0.3) is 0 Å². The molecule has 15 heavy (non-hydrogen) atoms. The summed E-state index contributed by atoms with van der Waals surface area (Å²) in [6.07, 6.45) is 7.07. The number of terminal acetylenes is 1. The number of nitrogens with zero attached hydrogens (tertiary/aromatic N) is 2. The summed E-state index contributed by atoms with van der Waals surface area (Å²) < 4.78 is 1.83. The van der Waals surface area contributed by atoms with Crippen molar-refractivity contribution in [2.45, 2.75) is 26.3 Å². The molecule has 0 unspecified atom stereocenters. The fraction of sp³-hybridized carbons (Fsp3) is 0.455. The monoisotopic (exact) mass is 204 g/mol. The van der Waals surface area contributed by atoms with Crippen molar-refractivity contribution in [3.8, 4) is 12.3 Å². The topological polar surface area (TPSA) is 53.7 Å². The van der Waals surface area contributed by atoms with Gasteiger partial charge in [0.05, 0.1) is 17.6 Å². The molecule has 0 aliphatic rings. The Morgan fingerprint density at radius 2 is 2.27 bits per heavy atom. The first-order valence-corrected chi connectivity index (χ1v) is 4.70. The third-order valence-electron chi connectivity index (χ3n) is 2.08. The van der Waals surface area contributed by atoms with Gasteiger partial charge in [-0.2, -0.15) is 0 Å². The predicted molar refractivity (Wildman–Crippen MR) is 62.2 cm³/mol. The third kappa shape index (κ3) is 2.38. The van der Waals surface area contributed by atoms with Crippen LogP contribution in [0.4, 0.5) is 5.82 Å². The van der Waals surface area contributed by atoms with Crippen molar-refractivity contribution in [1.29, 1.82) is 5.41 Å². The van der Waals surface area contributed by atoms with Crippen LogP contribution in [0.5, 0.6) is 0 Å². The molecular formula is C11H16N4. The molecule has 0 saturated heterocycles. The smallest absolute Gasteiger partial charge is 0.136 e. The van der Waals surface area contributed by atoms with Gasteiger partial charge in [-0.05, 0) is 20.8 Å².